The van der Waals surface area contributed by atoms with Gasteiger partial charge in [-0.15, -0.1) is 0 Å². The molecule has 0 aliphatic carbocycles. The Morgan fingerprint density at radius 3 is 2.67 bits per heavy atom. The average molecular weight is 464 g/mol. The van der Waals surface area contributed by atoms with Crippen LogP contribution in [0.3, 0.4) is 0 Å². The Bertz CT molecular complexity index is 1190. The van der Waals surface area contributed by atoms with Gasteiger partial charge < -0.3 is 14.2 Å². The number of ether oxygens (including phenoxy) is 3. The van der Waals surface area contributed by atoms with E-state index in [4.69, 9.17) is 19.6 Å². The number of benzene rings is 2. The number of nitrogens with zero attached hydrogens (tertiary/aromatic N) is 2. The fourth-order valence-corrected chi connectivity index (χ4v) is 4.03. The fourth-order valence-electron chi connectivity index (χ4n) is 3.33. The second-order valence-corrected chi connectivity index (χ2v) is 8.46. The second kappa shape index (κ2) is 9.95. The molecular weight excluding hydrogens is 438 g/mol. The van der Waals surface area contributed by atoms with Crippen molar-refractivity contribution in [3.8, 4) is 17.2 Å². The number of amides is 1. The number of fused-ring (bicyclic) bond motifs is 1. The van der Waals surface area contributed by atoms with Gasteiger partial charge in [0.25, 0.3) is 5.91 Å². The molecule has 1 amide bonds. The maximum Gasteiger partial charge on any atom is 0.283 e. The Balaban J connectivity index is 1.36. The first kappa shape index (κ1) is 22.7. The Morgan fingerprint density at radius 1 is 1.06 bits per heavy atom. The first-order chi connectivity index (χ1) is 16.0. The molecule has 0 bridgehead atoms. The van der Waals surface area contributed by atoms with Crippen molar-refractivity contribution < 1.29 is 19.0 Å². The van der Waals surface area contributed by atoms with Gasteiger partial charge in [0.15, 0.2) is 16.7 Å². The quantitative estimate of drug-likeness (QED) is 0.441. The van der Waals surface area contributed by atoms with Crippen LogP contribution in [-0.4, -0.2) is 42.1 Å². The third-order valence-electron chi connectivity index (χ3n) is 5.31. The second-order valence-electron chi connectivity index (χ2n) is 7.59. The monoisotopic (exact) mass is 463 g/mol. The first-order valence-corrected chi connectivity index (χ1v) is 11.4. The van der Waals surface area contributed by atoms with Gasteiger partial charge in [-0.05, 0) is 66.3 Å². The maximum atomic E-state index is 12.4. The third-order valence-corrected chi connectivity index (χ3v) is 6.06. The molecule has 170 valence electrons. The molecule has 0 spiro atoms. The molecule has 2 aromatic carbocycles. The first-order valence-electron chi connectivity index (χ1n) is 10.5. The van der Waals surface area contributed by atoms with Crippen LogP contribution in [0.25, 0.3) is 6.08 Å². The van der Waals surface area contributed by atoms with Crippen molar-refractivity contribution in [1.82, 2.24) is 4.90 Å². The summed E-state index contributed by atoms with van der Waals surface area (Å²) in [5.41, 5.74) is 3.40. The van der Waals surface area contributed by atoms with Crippen molar-refractivity contribution in [2.24, 2.45) is 4.99 Å². The number of aliphatic imine (C=N–C) groups is 1. The molecule has 0 aromatic heterocycles. The topological polar surface area (TPSA) is 84.2 Å². The molecule has 0 saturated carbocycles. The van der Waals surface area contributed by atoms with Crippen LogP contribution in [0.15, 0.2) is 58.6 Å². The third kappa shape index (κ3) is 5.12. The molecule has 0 radical (unpaired) electrons. The highest BCUT2D eigenvalue weighted by molar-refractivity contribution is 8.16. The number of amidine groups is 2. The van der Waals surface area contributed by atoms with Gasteiger partial charge in [0.05, 0.1) is 25.9 Å². The molecule has 2 aliphatic rings. The lowest BCUT2D eigenvalue weighted by molar-refractivity contribution is -0.114. The zero-order valence-electron chi connectivity index (χ0n) is 18.8. The molecule has 7 nitrogen and oxygen atoms in total. The van der Waals surface area contributed by atoms with Crippen LogP contribution in [0.4, 0.5) is 0 Å². The highest BCUT2D eigenvalue weighted by Gasteiger charge is 2.31. The minimum atomic E-state index is -0.425. The lowest BCUT2D eigenvalue weighted by atomic mass is 10.1. The minimum Gasteiger partial charge on any atom is -0.493 e. The van der Waals surface area contributed by atoms with E-state index in [0.717, 1.165) is 17.7 Å². The van der Waals surface area contributed by atoms with Gasteiger partial charge in [0.2, 0.25) is 0 Å². The minimum absolute atomic E-state index is 0.106. The van der Waals surface area contributed by atoms with Crippen molar-refractivity contribution in [3.63, 3.8) is 0 Å². The lowest BCUT2D eigenvalue weighted by Gasteiger charge is -2.22. The van der Waals surface area contributed by atoms with Crippen molar-refractivity contribution in [2.75, 3.05) is 20.3 Å². The van der Waals surface area contributed by atoms with Crippen LogP contribution in [-0.2, 0) is 4.79 Å². The summed E-state index contributed by atoms with van der Waals surface area (Å²) in [6.45, 7) is 5.16. The largest absolute Gasteiger partial charge is 0.493 e. The molecule has 33 heavy (non-hydrogen) atoms. The Kier molecular flexibility index (Phi) is 6.84. The maximum absolute atomic E-state index is 12.4. The number of thioether (sulfide) groups is 1. The summed E-state index contributed by atoms with van der Waals surface area (Å²) in [6.07, 6.45) is 4.09. The molecule has 8 heteroatoms. The molecule has 2 aromatic rings. The molecule has 2 heterocycles. The van der Waals surface area contributed by atoms with Gasteiger partial charge >= 0.3 is 0 Å². The normalized spacial score (nSPS) is 16.2. The summed E-state index contributed by atoms with van der Waals surface area (Å²) < 4.78 is 17.1. The number of hydrogen-bond acceptors (Lipinski definition) is 6. The van der Waals surface area contributed by atoms with Crippen LogP contribution >= 0.6 is 11.8 Å². The molecule has 2 aliphatic heterocycles. The molecule has 0 unspecified atom stereocenters. The van der Waals surface area contributed by atoms with E-state index < -0.39 is 5.91 Å². The number of carbonyl (C=O) groups is 1. The predicted octanol–water partition coefficient (Wildman–Crippen LogP) is 4.94. The number of carbonyl (C=O) groups excluding carboxylic acids is 1. The van der Waals surface area contributed by atoms with Crippen LogP contribution in [0, 0.1) is 19.3 Å². The number of aryl methyl sites for hydroxylation is 2. The van der Waals surface area contributed by atoms with Gasteiger partial charge in [-0.25, -0.2) is 0 Å². The van der Waals surface area contributed by atoms with Crippen molar-refractivity contribution in [2.45, 2.75) is 20.3 Å². The van der Waals surface area contributed by atoms with Crippen molar-refractivity contribution in [1.29, 1.82) is 5.41 Å². The Labute approximate surface area is 197 Å². The summed E-state index contributed by atoms with van der Waals surface area (Å²) >= 11 is 1.32. The molecule has 0 atom stereocenters. The van der Waals surface area contributed by atoms with Crippen LogP contribution in [0.1, 0.15) is 23.1 Å². The zero-order chi connectivity index (χ0) is 23.4. The Hall–Kier alpha value is -3.52. The molecule has 0 saturated heterocycles. The van der Waals surface area contributed by atoms with E-state index in [-0.39, 0.29) is 11.4 Å². The van der Waals surface area contributed by atoms with E-state index >= 15 is 0 Å². The standard InChI is InChI=1S/C25H25N3O4S/c1-16-5-7-19(13-17(16)2)31-10-4-11-32-21-8-6-18(15-22(21)30-3)14-20-23(26)28-9-12-33-25(28)27-24(20)29/h5-9,12-15,26H,4,10-11H2,1-3H3/b20-14-,26-23?. The van der Waals surface area contributed by atoms with Crippen LogP contribution < -0.4 is 14.2 Å². The van der Waals surface area contributed by atoms with Crippen LogP contribution in [0.5, 0.6) is 17.2 Å². The van der Waals surface area contributed by atoms with Gasteiger partial charge in [0, 0.05) is 12.6 Å². The fraction of sp³-hybridized carbons (Fsp3) is 0.240. The summed E-state index contributed by atoms with van der Waals surface area (Å²) in [7, 11) is 1.57. The molecule has 1 N–H and O–H groups in total. The van der Waals surface area contributed by atoms with Gasteiger partial charge in [0.1, 0.15) is 11.6 Å². The zero-order valence-corrected chi connectivity index (χ0v) is 19.6. The highest BCUT2D eigenvalue weighted by Crippen LogP contribution is 2.31. The average Bonchev–Trinajstić information content (AvgIpc) is 3.27. The Morgan fingerprint density at radius 2 is 1.88 bits per heavy atom. The smallest absolute Gasteiger partial charge is 0.283 e. The number of hydrogen-bond donors (Lipinski definition) is 1. The van der Waals surface area contributed by atoms with Crippen molar-refractivity contribution >= 4 is 34.7 Å². The van der Waals surface area contributed by atoms with E-state index in [2.05, 4.69) is 24.9 Å². The number of rotatable bonds is 8. The van der Waals surface area contributed by atoms with Gasteiger partial charge in [-0.1, -0.05) is 23.9 Å². The van der Waals surface area contributed by atoms with E-state index in [1.54, 1.807) is 41.8 Å². The van der Waals surface area contributed by atoms with Crippen molar-refractivity contribution in [3.05, 3.63) is 70.3 Å². The lowest BCUT2D eigenvalue weighted by Crippen LogP contribution is -2.35. The van der Waals surface area contributed by atoms with Gasteiger partial charge in [-0.2, -0.15) is 4.99 Å². The molecular formula is C25H25N3O4S. The number of nitrogens with one attached hydrogen (secondary N) is 1. The number of methoxy groups -OCH3 is 1. The summed E-state index contributed by atoms with van der Waals surface area (Å²) in [5, 5.41) is 10.6. The summed E-state index contributed by atoms with van der Waals surface area (Å²) in [6, 6.07) is 11.5. The summed E-state index contributed by atoms with van der Waals surface area (Å²) in [5.74, 6) is 1.69. The van der Waals surface area contributed by atoms with E-state index in [0.29, 0.717) is 29.9 Å². The van der Waals surface area contributed by atoms with E-state index in [1.807, 2.05) is 18.2 Å². The van der Waals surface area contributed by atoms with E-state index in [9.17, 15) is 4.79 Å². The van der Waals surface area contributed by atoms with Crippen LogP contribution in [0.2, 0.25) is 0 Å². The SMILES string of the molecule is COc1cc(/C=C2/C(=N)N3C=CSC3=NC2=O)ccc1OCCCOc1ccc(C)c(C)c1. The van der Waals surface area contributed by atoms with E-state index in [1.165, 1.54) is 22.9 Å². The predicted molar refractivity (Wildman–Crippen MR) is 131 cm³/mol. The summed E-state index contributed by atoms with van der Waals surface area (Å²) in [4.78, 5) is 18.0. The highest BCUT2D eigenvalue weighted by atomic mass is 32.2. The van der Waals surface area contributed by atoms with Gasteiger partial charge in [-0.3, -0.25) is 15.1 Å². The molecule has 0 fully saturated rings. The molecule has 4 rings (SSSR count).